The Bertz CT molecular complexity index is 1820. The fraction of sp³-hybridized carbons (Fsp3) is 0.0323. The fourth-order valence-electron chi connectivity index (χ4n) is 5.32. The van der Waals surface area contributed by atoms with Gasteiger partial charge in [-0.15, -0.1) is 0 Å². The number of hydrogen-bond acceptors (Lipinski definition) is 0. The first-order valence-electron chi connectivity index (χ1n) is 11.4. The van der Waals surface area contributed by atoms with Gasteiger partial charge in [-0.2, -0.15) is 0 Å². The quantitative estimate of drug-likeness (QED) is 0.266. The largest absolute Gasteiger partial charge is 0.309 e. The molecule has 0 spiro atoms. The Kier molecular flexibility index (Phi) is 3.80. The molecule has 2 heteroatoms. The van der Waals surface area contributed by atoms with Crippen molar-refractivity contribution in [2.75, 3.05) is 0 Å². The first kappa shape index (κ1) is 18.3. The van der Waals surface area contributed by atoms with Gasteiger partial charge in [0.2, 0.25) is 0 Å². The van der Waals surface area contributed by atoms with E-state index in [1.807, 2.05) is 0 Å². The Morgan fingerprint density at radius 1 is 0.394 bits per heavy atom. The molecule has 0 amide bonds. The van der Waals surface area contributed by atoms with Crippen LogP contribution >= 0.6 is 0 Å². The third-order valence-electron chi connectivity index (χ3n) is 6.76. The smallest absolute Gasteiger partial charge is 0.0561 e. The molecule has 0 aliphatic heterocycles. The van der Waals surface area contributed by atoms with Crippen LogP contribution in [0.4, 0.5) is 0 Å². The number of aromatic nitrogens is 2. The summed E-state index contributed by atoms with van der Waals surface area (Å²) in [4.78, 5) is 0. The number of nitrogens with zero attached hydrogens (tertiary/aromatic N) is 2. The zero-order valence-corrected chi connectivity index (χ0v) is 18.4. The van der Waals surface area contributed by atoms with Gasteiger partial charge in [0, 0.05) is 32.9 Å². The van der Waals surface area contributed by atoms with Crippen LogP contribution in [0.15, 0.2) is 115 Å². The summed E-state index contributed by atoms with van der Waals surface area (Å²) in [6.07, 6.45) is 0. The monoisotopic (exact) mass is 422 g/mol. The molecular weight excluding hydrogens is 400 g/mol. The van der Waals surface area contributed by atoms with Gasteiger partial charge in [-0.1, -0.05) is 72.3 Å². The molecule has 0 unspecified atom stereocenters. The van der Waals surface area contributed by atoms with E-state index >= 15 is 0 Å². The van der Waals surface area contributed by atoms with Gasteiger partial charge in [0.15, 0.2) is 0 Å². The van der Waals surface area contributed by atoms with Gasteiger partial charge in [-0.25, -0.2) is 0 Å². The van der Waals surface area contributed by atoms with E-state index < -0.39 is 0 Å². The maximum absolute atomic E-state index is 2.40. The van der Waals surface area contributed by atoms with Crippen LogP contribution in [0.2, 0.25) is 0 Å². The number of para-hydroxylation sites is 3. The van der Waals surface area contributed by atoms with Crippen LogP contribution in [0.3, 0.4) is 0 Å². The Balaban J connectivity index is 1.61. The van der Waals surface area contributed by atoms with E-state index in [2.05, 4.69) is 131 Å². The van der Waals surface area contributed by atoms with Crippen molar-refractivity contribution in [2.24, 2.45) is 0 Å². The average molecular weight is 423 g/mol. The molecule has 0 atom stereocenters. The summed E-state index contributed by atoms with van der Waals surface area (Å²) in [5.41, 5.74) is 8.57. The molecule has 7 rings (SSSR count). The number of aryl methyl sites for hydroxylation is 1. The van der Waals surface area contributed by atoms with E-state index in [4.69, 9.17) is 0 Å². The van der Waals surface area contributed by atoms with Crippen molar-refractivity contribution in [3.8, 4) is 11.4 Å². The predicted octanol–water partition coefficient (Wildman–Crippen LogP) is 8.19. The molecule has 33 heavy (non-hydrogen) atoms. The topological polar surface area (TPSA) is 9.86 Å². The normalized spacial score (nSPS) is 11.8. The van der Waals surface area contributed by atoms with Gasteiger partial charge in [0.25, 0.3) is 0 Å². The minimum Gasteiger partial charge on any atom is -0.309 e. The SMILES string of the molecule is Cc1ccc2c(c1)c1ccccc1n2-c1ccc2c3ccccc3n(-c3ccccc3)c2c1. The summed E-state index contributed by atoms with van der Waals surface area (Å²) in [6.45, 7) is 2.16. The molecular formula is C31H22N2. The van der Waals surface area contributed by atoms with Gasteiger partial charge in [-0.3, -0.25) is 0 Å². The van der Waals surface area contributed by atoms with Crippen LogP contribution < -0.4 is 0 Å². The first-order valence-corrected chi connectivity index (χ1v) is 11.4. The lowest BCUT2D eigenvalue weighted by Gasteiger charge is -2.11. The van der Waals surface area contributed by atoms with E-state index in [1.165, 1.54) is 60.5 Å². The predicted molar refractivity (Wildman–Crippen MR) is 140 cm³/mol. The number of fused-ring (bicyclic) bond motifs is 6. The fourth-order valence-corrected chi connectivity index (χ4v) is 5.32. The van der Waals surface area contributed by atoms with Crippen LogP contribution in [-0.4, -0.2) is 9.13 Å². The van der Waals surface area contributed by atoms with Crippen LogP contribution in [0.5, 0.6) is 0 Å². The molecule has 156 valence electrons. The van der Waals surface area contributed by atoms with Gasteiger partial charge in [0.1, 0.15) is 0 Å². The highest BCUT2D eigenvalue weighted by Gasteiger charge is 2.16. The van der Waals surface area contributed by atoms with Crippen LogP contribution in [-0.2, 0) is 0 Å². The van der Waals surface area contributed by atoms with E-state index in [9.17, 15) is 0 Å². The summed E-state index contributed by atoms with van der Waals surface area (Å²) >= 11 is 0. The van der Waals surface area contributed by atoms with Crippen molar-refractivity contribution in [1.29, 1.82) is 0 Å². The van der Waals surface area contributed by atoms with E-state index in [0.717, 1.165) is 0 Å². The molecule has 0 fully saturated rings. The lowest BCUT2D eigenvalue weighted by Crippen LogP contribution is -1.96. The summed E-state index contributed by atoms with van der Waals surface area (Å²) in [5.74, 6) is 0. The zero-order valence-electron chi connectivity index (χ0n) is 18.4. The van der Waals surface area contributed by atoms with E-state index in [1.54, 1.807) is 0 Å². The van der Waals surface area contributed by atoms with Gasteiger partial charge in [0.05, 0.1) is 22.1 Å². The second kappa shape index (κ2) is 6.85. The molecule has 0 bridgehead atoms. The summed E-state index contributed by atoms with van der Waals surface area (Å²) < 4.78 is 4.78. The minimum absolute atomic E-state index is 1.18. The molecule has 2 nitrogen and oxygen atoms in total. The lowest BCUT2D eigenvalue weighted by molar-refractivity contribution is 1.15. The molecule has 0 radical (unpaired) electrons. The summed E-state index contributed by atoms with van der Waals surface area (Å²) in [6, 6.07) is 41.7. The minimum atomic E-state index is 1.18. The third kappa shape index (κ3) is 2.61. The van der Waals surface area contributed by atoms with Crippen molar-refractivity contribution in [3.05, 3.63) is 121 Å². The highest BCUT2D eigenvalue weighted by molar-refractivity contribution is 6.12. The van der Waals surface area contributed by atoms with Crippen molar-refractivity contribution < 1.29 is 0 Å². The van der Waals surface area contributed by atoms with Gasteiger partial charge < -0.3 is 9.13 Å². The molecule has 0 N–H and O–H groups in total. The molecule has 0 saturated heterocycles. The number of rotatable bonds is 2. The first-order chi connectivity index (χ1) is 16.3. The maximum atomic E-state index is 2.40. The lowest BCUT2D eigenvalue weighted by atomic mass is 10.1. The molecule has 7 aromatic rings. The zero-order chi connectivity index (χ0) is 21.9. The molecule has 5 aromatic carbocycles. The van der Waals surface area contributed by atoms with Crippen LogP contribution in [0.25, 0.3) is 55.0 Å². The van der Waals surface area contributed by atoms with Crippen molar-refractivity contribution in [2.45, 2.75) is 6.92 Å². The highest BCUT2D eigenvalue weighted by Crippen LogP contribution is 2.36. The molecule has 0 aliphatic carbocycles. The van der Waals surface area contributed by atoms with Crippen molar-refractivity contribution in [3.63, 3.8) is 0 Å². The number of hydrogen-bond donors (Lipinski definition) is 0. The summed E-state index contributed by atoms with van der Waals surface area (Å²) in [7, 11) is 0. The number of benzene rings is 5. The Hall–Kier alpha value is -4.30. The van der Waals surface area contributed by atoms with Gasteiger partial charge in [-0.05, 0) is 55.5 Å². The molecule has 0 saturated carbocycles. The van der Waals surface area contributed by atoms with E-state index in [0.29, 0.717) is 0 Å². The molecule has 0 aliphatic rings. The van der Waals surface area contributed by atoms with E-state index in [-0.39, 0.29) is 0 Å². The van der Waals surface area contributed by atoms with Gasteiger partial charge >= 0.3 is 0 Å². The van der Waals surface area contributed by atoms with Crippen LogP contribution in [0.1, 0.15) is 5.56 Å². The second-order valence-corrected chi connectivity index (χ2v) is 8.76. The molecule has 2 aromatic heterocycles. The Morgan fingerprint density at radius 2 is 0.970 bits per heavy atom. The Morgan fingerprint density at radius 3 is 1.73 bits per heavy atom. The van der Waals surface area contributed by atoms with Crippen molar-refractivity contribution in [1.82, 2.24) is 9.13 Å². The highest BCUT2D eigenvalue weighted by atomic mass is 15.0. The van der Waals surface area contributed by atoms with Crippen LogP contribution in [0, 0.1) is 6.92 Å². The van der Waals surface area contributed by atoms with Crippen molar-refractivity contribution >= 4 is 43.6 Å². The summed E-state index contributed by atoms with van der Waals surface area (Å²) in [5, 5.41) is 5.14. The maximum Gasteiger partial charge on any atom is 0.0561 e. The third-order valence-corrected chi connectivity index (χ3v) is 6.76. The standard InChI is InChI=1S/C31H22N2/c1-21-15-18-30-27(19-21)25-12-6-8-14-29(25)33(30)23-16-17-26-24-11-5-7-13-28(24)32(31(26)20-23)22-9-3-2-4-10-22/h2-20H,1H3. The molecule has 2 heterocycles. The Labute approximate surface area is 191 Å². The second-order valence-electron chi connectivity index (χ2n) is 8.76. The average Bonchev–Trinajstić information content (AvgIpc) is 3.37.